The van der Waals surface area contributed by atoms with E-state index in [-0.39, 0.29) is 17.9 Å². The number of hydrogen-bond donors (Lipinski definition) is 3. The summed E-state index contributed by atoms with van der Waals surface area (Å²) in [5.41, 5.74) is 0.698. The molecule has 1 aliphatic heterocycles. The van der Waals surface area contributed by atoms with Gasteiger partial charge in [-0.05, 0) is 18.6 Å². The number of benzene rings is 1. The number of hydrogen-bond acceptors (Lipinski definition) is 6. The number of β-amino-alcohol motifs (C(OH)–C–C–N with tert-alkyl or cyclic N) is 1. The van der Waals surface area contributed by atoms with Gasteiger partial charge in [-0.25, -0.2) is 0 Å². The standard InChI is InChI=1S/C12H13N3O3/c16-8-3-1-2-7(4-8)11-14-12(18-15-11)10-5-9(17)6-13-10/h1-4,9-10,13,16-17H,5-6H2/t9-,10+/m0/s1. The van der Waals surface area contributed by atoms with Crippen LogP contribution < -0.4 is 5.32 Å². The molecule has 0 aliphatic carbocycles. The van der Waals surface area contributed by atoms with Crippen molar-refractivity contribution in [3.05, 3.63) is 30.2 Å². The summed E-state index contributed by atoms with van der Waals surface area (Å²) in [5, 5.41) is 25.8. The molecule has 0 amide bonds. The Morgan fingerprint density at radius 1 is 1.39 bits per heavy atom. The second-order valence-corrected chi connectivity index (χ2v) is 4.36. The molecule has 1 aliphatic rings. The number of nitrogens with one attached hydrogen (secondary N) is 1. The fraction of sp³-hybridized carbons (Fsp3) is 0.333. The first-order valence-corrected chi connectivity index (χ1v) is 5.77. The highest BCUT2D eigenvalue weighted by molar-refractivity contribution is 5.56. The van der Waals surface area contributed by atoms with E-state index in [9.17, 15) is 10.2 Å². The van der Waals surface area contributed by atoms with E-state index in [1.54, 1.807) is 24.3 Å². The second-order valence-electron chi connectivity index (χ2n) is 4.36. The monoisotopic (exact) mass is 247 g/mol. The van der Waals surface area contributed by atoms with Crippen molar-refractivity contribution in [2.24, 2.45) is 0 Å². The van der Waals surface area contributed by atoms with Crippen molar-refractivity contribution in [3.63, 3.8) is 0 Å². The van der Waals surface area contributed by atoms with Gasteiger partial charge >= 0.3 is 0 Å². The van der Waals surface area contributed by atoms with E-state index in [1.165, 1.54) is 0 Å². The van der Waals surface area contributed by atoms with Gasteiger partial charge in [0, 0.05) is 12.1 Å². The van der Waals surface area contributed by atoms with Crippen LogP contribution in [0, 0.1) is 0 Å². The molecule has 3 N–H and O–H groups in total. The van der Waals surface area contributed by atoms with Crippen LogP contribution in [0.3, 0.4) is 0 Å². The SMILES string of the molecule is Oc1cccc(-c2noc([C@H]3C[C@H](O)CN3)n2)c1. The van der Waals surface area contributed by atoms with Crippen molar-refractivity contribution < 1.29 is 14.7 Å². The van der Waals surface area contributed by atoms with Crippen molar-refractivity contribution >= 4 is 0 Å². The number of rotatable bonds is 2. The summed E-state index contributed by atoms with van der Waals surface area (Å²) in [6.07, 6.45) is 0.202. The number of phenols is 1. The molecule has 6 nitrogen and oxygen atoms in total. The largest absolute Gasteiger partial charge is 0.508 e. The molecule has 1 fully saturated rings. The lowest BCUT2D eigenvalue weighted by Crippen LogP contribution is -2.15. The van der Waals surface area contributed by atoms with Crippen molar-refractivity contribution in [2.45, 2.75) is 18.6 Å². The van der Waals surface area contributed by atoms with Crippen molar-refractivity contribution in [1.82, 2.24) is 15.5 Å². The first-order chi connectivity index (χ1) is 8.72. The maximum absolute atomic E-state index is 9.44. The maximum atomic E-state index is 9.44. The Bertz CT molecular complexity index is 555. The zero-order valence-electron chi connectivity index (χ0n) is 9.58. The van der Waals surface area contributed by atoms with Crippen LogP contribution in [0.25, 0.3) is 11.4 Å². The quantitative estimate of drug-likeness (QED) is 0.728. The van der Waals surface area contributed by atoms with E-state index in [0.717, 1.165) is 0 Å². The first-order valence-electron chi connectivity index (χ1n) is 5.77. The van der Waals surface area contributed by atoms with Gasteiger partial charge in [0.15, 0.2) is 0 Å². The van der Waals surface area contributed by atoms with Gasteiger partial charge in [-0.15, -0.1) is 0 Å². The number of nitrogens with zero attached hydrogens (tertiary/aromatic N) is 2. The van der Waals surface area contributed by atoms with Gasteiger partial charge in [0.1, 0.15) is 5.75 Å². The molecule has 0 spiro atoms. The van der Waals surface area contributed by atoms with Crippen LogP contribution in [-0.2, 0) is 0 Å². The van der Waals surface area contributed by atoms with Crippen LogP contribution >= 0.6 is 0 Å². The summed E-state index contributed by atoms with van der Waals surface area (Å²) in [6, 6.07) is 6.58. The summed E-state index contributed by atoms with van der Waals surface area (Å²) in [4.78, 5) is 4.28. The molecule has 18 heavy (non-hydrogen) atoms. The molecule has 0 saturated carbocycles. The van der Waals surface area contributed by atoms with E-state index in [0.29, 0.717) is 30.2 Å². The molecule has 0 radical (unpaired) electrons. The number of phenolic OH excluding ortho intramolecular Hbond substituents is 1. The van der Waals surface area contributed by atoms with Gasteiger partial charge in [0.05, 0.1) is 12.1 Å². The Morgan fingerprint density at radius 2 is 2.28 bits per heavy atom. The van der Waals surface area contributed by atoms with E-state index < -0.39 is 0 Å². The molecule has 2 aromatic rings. The van der Waals surface area contributed by atoms with Gasteiger partial charge < -0.3 is 20.1 Å². The van der Waals surface area contributed by atoms with Gasteiger partial charge in [-0.3, -0.25) is 0 Å². The molecule has 0 unspecified atom stereocenters. The van der Waals surface area contributed by atoms with Gasteiger partial charge in [-0.1, -0.05) is 17.3 Å². The van der Waals surface area contributed by atoms with E-state index >= 15 is 0 Å². The summed E-state index contributed by atoms with van der Waals surface area (Å²) in [7, 11) is 0. The number of aliphatic hydroxyl groups is 1. The maximum Gasteiger partial charge on any atom is 0.244 e. The molecule has 6 heteroatoms. The first kappa shape index (κ1) is 11.2. The smallest absolute Gasteiger partial charge is 0.244 e. The summed E-state index contributed by atoms with van der Waals surface area (Å²) in [5.74, 6) is 1.06. The molecule has 0 bridgehead atoms. The Hall–Kier alpha value is -1.92. The van der Waals surface area contributed by atoms with Crippen molar-refractivity contribution in [1.29, 1.82) is 0 Å². The second kappa shape index (κ2) is 4.40. The molecule has 1 aromatic carbocycles. The third-order valence-electron chi connectivity index (χ3n) is 2.95. The summed E-state index contributed by atoms with van der Waals surface area (Å²) in [6.45, 7) is 0.536. The molecule has 94 valence electrons. The highest BCUT2D eigenvalue weighted by atomic mass is 16.5. The zero-order chi connectivity index (χ0) is 12.5. The number of aromatic nitrogens is 2. The van der Waals surface area contributed by atoms with Gasteiger partial charge in [0.25, 0.3) is 0 Å². The van der Waals surface area contributed by atoms with Crippen molar-refractivity contribution in [2.75, 3.05) is 6.54 Å². The average Bonchev–Trinajstić information content (AvgIpc) is 2.97. The molecule has 2 heterocycles. The normalized spacial score (nSPS) is 23.4. The highest BCUT2D eigenvalue weighted by Crippen LogP contribution is 2.25. The number of aromatic hydroxyl groups is 1. The molecule has 1 aromatic heterocycles. The average molecular weight is 247 g/mol. The number of aliphatic hydroxyl groups excluding tert-OH is 1. The summed E-state index contributed by atoms with van der Waals surface area (Å²) < 4.78 is 5.17. The van der Waals surface area contributed by atoms with E-state index in [4.69, 9.17) is 4.52 Å². The molecule has 3 rings (SSSR count). The Morgan fingerprint density at radius 3 is 3.00 bits per heavy atom. The van der Waals surface area contributed by atoms with E-state index in [1.807, 2.05) is 0 Å². The van der Waals surface area contributed by atoms with Crippen LogP contribution in [0.15, 0.2) is 28.8 Å². The highest BCUT2D eigenvalue weighted by Gasteiger charge is 2.28. The van der Waals surface area contributed by atoms with Gasteiger partial charge in [-0.2, -0.15) is 4.98 Å². The van der Waals surface area contributed by atoms with Crippen LogP contribution in [0.1, 0.15) is 18.4 Å². The van der Waals surface area contributed by atoms with Crippen molar-refractivity contribution in [3.8, 4) is 17.1 Å². The Kier molecular flexibility index (Phi) is 2.73. The lowest BCUT2D eigenvalue weighted by atomic mass is 10.2. The zero-order valence-corrected chi connectivity index (χ0v) is 9.58. The predicted molar refractivity (Wildman–Crippen MR) is 62.8 cm³/mol. The molecule has 2 atom stereocenters. The lowest BCUT2D eigenvalue weighted by molar-refractivity contribution is 0.191. The molecule has 1 saturated heterocycles. The fourth-order valence-electron chi connectivity index (χ4n) is 2.04. The molecular formula is C12H13N3O3. The minimum atomic E-state index is -0.369. The van der Waals surface area contributed by atoms with Crippen LogP contribution in [0.5, 0.6) is 5.75 Å². The predicted octanol–water partition coefficient (Wildman–Crippen LogP) is 0.837. The fourth-order valence-corrected chi connectivity index (χ4v) is 2.04. The van der Waals surface area contributed by atoms with Crippen LogP contribution in [-0.4, -0.2) is 33.0 Å². The summed E-state index contributed by atoms with van der Waals surface area (Å²) >= 11 is 0. The molecular weight excluding hydrogens is 234 g/mol. The Labute approximate surface area is 103 Å². The van der Waals surface area contributed by atoms with Crippen LogP contribution in [0.2, 0.25) is 0 Å². The van der Waals surface area contributed by atoms with E-state index in [2.05, 4.69) is 15.5 Å². The van der Waals surface area contributed by atoms with Crippen LogP contribution in [0.4, 0.5) is 0 Å². The third kappa shape index (κ3) is 2.07. The lowest BCUT2D eigenvalue weighted by Gasteiger charge is -2.01. The Balaban J connectivity index is 1.85. The van der Waals surface area contributed by atoms with Gasteiger partial charge in [0.2, 0.25) is 11.7 Å². The third-order valence-corrected chi connectivity index (χ3v) is 2.95. The topological polar surface area (TPSA) is 91.4 Å². The minimum absolute atomic E-state index is 0.0986. The minimum Gasteiger partial charge on any atom is -0.508 e.